The fourth-order valence-corrected chi connectivity index (χ4v) is 4.40. The maximum absolute atomic E-state index is 13.0. The van der Waals surface area contributed by atoms with Crippen molar-refractivity contribution in [3.05, 3.63) is 48.6 Å². The molecule has 0 bridgehead atoms. The normalized spacial score (nSPS) is 27.0. The molecule has 23 heavy (non-hydrogen) atoms. The molecule has 1 aromatic rings. The summed E-state index contributed by atoms with van der Waals surface area (Å²) in [4.78, 5) is 13.0. The second kappa shape index (κ2) is 7.44. The van der Waals surface area contributed by atoms with E-state index in [4.69, 9.17) is 4.74 Å². The lowest BCUT2D eigenvalue weighted by Gasteiger charge is -2.47. The third-order valence-electron chi connectivity index (χ3n) is 5.65. The van der Waals surface area contributed by atoms with Gasteiger partial charge in [-0.15, -0.1) is 6.58 Å². The van der Waals surface area contributed by atoms with Crippen LogP contribution in [0.4, 0.5) is 0 Å². The van der Waals surface area contributed by atoms with Crippen LogP contribution in [0.1, 0.15) is 56.9 Å². The second-order valence-corrected chi connectivity index (χ2v) is 7.14. The Morgan fingerprint density at radius 3 is 2.61 bits per heavy atom. The molecule has 0 radical (unpaired) electrons. The van der Waals surface area contributed by atoms with Crippen LogP contribution < -0.4 is 0 Å². The zero-order chi connectivity index (χ0) is 16.1. The van der Waals surface area contributed by atoms with Crippen molar-refractivity contribution in [2.75, 3.05) is 0 Å². The summed E-state index contributed by atoms with van der Waals surface area (Å²) < 4.78 is 6.42. The maximum Gasteiger partial charge on any atom is 0.144 e. The molecule has 2 atom stereocenters. The number of Topliss-reactive ketones (excluding diaryl/α,β-unsaturated/α-hetero) is 1. The molecule has 2 aliphatic rings. The lowest BCUT2D eigenvalue weighted by molar-refractivity contribution is -0.170. The molecule has 1 spiro atoms. The lowest BCUT2D eigenvalue weighted by atomic mass is 9.64. The number of carbonyl (C=O) groups excluding carboxylic acids is 1. The molecule has 0 amide bonds. The number of hydrogen-bond donors (Lipinski definition) is 0. The van der Waals surface area contributed by atoms with Crippen LogP contribution in [0.15, 0.2) is 43.0 Å². The predicted octanol–water partition coefficient (Wildman–Crippen LogP) is 4.87. The van der Waals surface area contributed by atoms with Gasteiger partial charge in [0, 0.05) is 6.42 Å². The molecule has 1 aromatic carbocycles. The third kappa shape index (κ3) is 3.58. The van der Waals surface area contributed by atoms with Gasteiger partial charge in [-0.3, -0.25) is 4.79 Å². The van der Waals surface area contributed by atoms with Crippen molar-refractivity contribution in [1.82, 2.24) is 0 Å². The zero-order valence-electron chi connectivity index (χ0n) is 14.0. The second-order valence-electron chi connectivity index (χ2n) is 7.14. The van der Waals surface area contributed by atoms with Gasteiger partial charge in [-0.05, 0) is 37.7 Å². The number of carbonyl (C=O) groups is 1. The van der Waals surface area contributed by atoms with E-state index < -0.39 is 0 Å². The van der Waals surface area contributed by atoms with Crippen molar-refractivity contribution in [3.63, 3.8) is 0 Å². The minimum Gasteiger partial charge on any atom is -0.373 e. The fourth-order valence-electron chi connectivity index (χ4n) is 4.40. The summed E-state index contributed by atoms with van der Waals surface area (Å²) in [5, 5.41) is 0. The quantitative estimate of drug-likeness (QED) is 0.725. The number of ketones is 1. The van der Waals surface area contributed by atoms with Crippen molar-refractivity contribution >= 4 is 5.78 Å². The van der Waals surface area contributed by atoms with Crippen LogP contribution in [0.5, 0.6) is 0 Å². The van der Waals surface area contributed by atoms with Crippen LogP contribution in [0.3, 0.4) is 0 Å². The van der Waals surface area contributed by atoms with Crippen LogP contribution in [-0.2, 0) is 16.0 Å². The van der Waals surface area contributed by atoms with Crippen LogP contribution in [0, 0.1) is 5.41 Å². The van der Waals surface area contributed by atoms with Gasteiger partial charge < -0.3 is 4.74 Å². The number of hydrogen-bond acceptors (Lipinski definition) is 2. The van der Waals surface area contributed by atoms with Crippen LogP contribution in [0.2, 0.25) is 0 Å². The summed E-state index contributed by atoms with van der Waals surface area (Å²) in [7, 11) is 0. The first kappa shape index (κ1) is 16.4. The van der Waals surface area contributed by atoms with Gasteiger partial charge in [-0.25, -0.2) is 0 Å². The Morgan fingerprint density at radius 1 is 1.17 bits per heavy atom. The van der Waals surface area contributed by atoms with Gasteiger partial charge in [0.1, 0.15) is 5.78 Å². The van der Waals surface area contributed by atoms with E-state index in [0.29, 0.717) is 12.2 Å². The van der Waals surface area contributed by atoms with Gasteiger partial charge in [0.25, 0.3) is 0 Å². The summed E-state index contributed by atoms with van der Waals surface area (Å²) in [6, 6.07) is 10.5. The van der Waals surface area contributed by atoms with Gasteiger partial charge in [-0.2, -0.15) is 0 Å². The van der Waals surface area contributed by atoms with Crippen LogP contribution >= 0.6 is 0 Å². The van der Waals surface area contributed by atoms with Crippen molar-refractivity contribution < 1.29 is 9.53 Å². The smallest absolute Gasteiger partial charge is 0.144 e. The average Bonchev–Trinajstić information content (AvgIpc) is 2.59. The van der Waals surface area contributed by atoms with Crippen molar-refractivity contribution in [2.24, 2.45) is 5.41 Å². The highest BCUT2D eigenvalue weighted by atomic mass is 16.5. The Bertz CT molecular complexity index is 528. The molecule has 3 rings (SSSR count). The first-order valence-corrected chi connectivity index (χ1v) is 9.08. The first-order chi connectivity index (χ1) is 11.2. The van der Waals surface area contributed by atoms with E-state index in [0.717, 1.165) is 32.1 Å². The van der Waals surface area contributed by atoms with Crippen LogP contribution in [-0.4, -0.2) is 18.0 Å². The average molecular weight is 312 g/mol. The molecule has 2 fully saturated rings. The summed E-state index contributed by atoms with van der Waals surface area (Å²) in [6.45, 7) is 3.81. The molecule has 1 aliphatic carbocycles. The largest absolute Gasteiger partial charge is 0.373 e. The maximum atomic E-state index is 13.0. The first-order valence-electron chi connectivity index (χ1n) is 9.08. The lowest BCUT2D eigenvalue weighted by Crippen LogP contribution is -2.52. The fraction of sp³-hybridized carbons (Fsp3) is 0.571. The van der Waals surface area contributed by atoms with E-state index >= 15 is 0 Å². The minimum atomic E-state index is -0.204. The van der Waals surface area contributed by atoms with Crippen LogP contribution in [0.25, 0.3) is 0 Å². The Hall–Kier alpha value is -1.41. The predicted molar refractivity (Wildman–Crippen MR) is 93.4 cm³/mol. The molecule has 1 saturated heterocycles. The summed E-state index contributed by atoms with van der Waals surface area (Å²) in [6.07, 6.45) is 10.9. The Labute approximate surface area is 139 Å². The molecule has 0 aromatic heterocycles. The summed E-state index contributed by atoms with van der Waals surface area (Å²) in [5.74, 6) is 0.452. The van der Waals surface area contributed by atoms with Gasteiger partial charge in [0.15, 0.2) is 0 Å². The molecule has 1 aliphatic heterocycles. The molecular weight excluding hydrogens is 284 g/mol. The van der Waals surface area contributed by atoms with Gasteiger partial charge in [0.05, 0.1) is 17.6 Å². The van der Waals surface area contributed by atoms with E-state index in [-0.39, 0.29) is 17.6 Å². The summed E-state index contributed by atoms with van der Waals surface area (Å²) in [5.41, 5.74) is 1.13. The van der Waals surface area contributed by atoms with E-state index in [1.54, 1.807) is 0 Å². The summed E-state index contributed by atoms with van der Waals surface area (Å²) >= 11 is 0. The Kier molecular flexibility index (Phi) is 5.32. The number of rotatable bonds is 5. The molecule has 124 valence electrons. The van der Waals surface area contributed by atoms with Crippen molar-refractivity contribution in [2.45, 2.75) is 70.0 Å². The molecule has 0 N–H and O–H groups in total. The van der Waals surface area contributed by atoms with E-state index in [2.05, 4.69) is 30.8 Å². The highest BCUT2D eigenvalue weighted by Crippen LogP contribution is 2.47. The highest BCUT2D eigenvalue weighted by Gasteiger charge is 2.50. The minimum absolute atomic E-state index is 0.0355. The number of benzene rings is 1. The van der Waals surface area contributed by atoms with Crippen molar-refractivity contribution in [3.8, 4) is 0 Å². The van der Waals surface area contributed by atoms with E-state index in [1.807, 2.05) is 12.1 Å². The Morgan fingerprint density at radius 2 is 1.91 bits per heavy atom. The molecule has 1 saturated carbocycles. The SMILES string of the molecule is C=CC[C@H]1CC(=O)C2(CCCCC2)[C@@H](CCc2ccccc2)O1. The van der Waals surface area contributed by atoms with Gasteiger partial charge >= 0.3 is 0 Å². The molecule has 2 nitrogen and oxygen atoms in total. The molecule has 2 heteroatoms. The van der Waals surface area contributed by atoms with E-state index in [1.165, 1.54) is 24.8 Å². The van der Waals surface area contributed by atoms with Gasteiger partial charge in [0.2, 0.25) is 0 Å². The zero-order valence-corrected chi connectivity index (χ0v) is 14.0. The van der Waals surface area contributed by atoms with E-state index in [9.17, 15) is 4.79 Å². The molecular formula is C21H28O2. The third-order valence-corrected chi connectivity index (χ3v) is 5.65. The number of ether oxygens (including phenoxy) is 1. The number of aryl methyl sites for hydroxylation is 1. The van der Waals surface area contributed by atoms with Crippen molar-refractivity contribution in [1.29, 1.82) is 0 Å². The Balaban J connectivity index is 1.75. The monoisotopic (exact) mass is 312 g/mol. The topological polar surface area (TPSA) is 26.3 Å². The molecule has 0 unspecified atom stereocenters. The van der Waals surface area contributed by atoms with Gasteiger partial charge in [-0.1, -0.05) is 55.7 Å². The highest BCUT2D eigenvalue weighted by molar-refractivity contribution is 5.86. The standard InChI is InChI=1S/C21H28O2/c1-2-9-18-16-19(22)21(14-7-4-8-15-21)20(23-18)13-12-17-10-5-3-6-11-17/h2-3,5-6,10-11,18,20H,1,4,7-9,12-16H2/t18-,20+/m0/s1. The molecule has 1 heterocycles.